The second-order valence-corrected chi connectivity index (χ2v) is 4.38. The van der Waals surface area contributed by atoms with E-state index < -0.39 is 0 Å². The van der Waals surface area contributed by atoms with Crippen LogP contribution in [0.15, 0.2) is 28.9 Å². The van der Waals surface area contributed by atoms with Crippen LogP contribution in [0.25, 0.3) is 6.08 Å². The van der Waals surface area contributed by atoms with Crippen molar-refractivity contribution in [3.63, 3.8) is 0 Å². The zero-order valence-electron chi connectivity index (χ0n) is 9.21. The molecule has 2 heteroatoms. The highest BCUT2D eigenvalue weighted by Gasteiger charge is 2.06. The molecule has 2 nitrogen and oxygen atoms in total. The van der Waals surface area contributed by atoms with Crippen molar-refractivity contribution in [2.75, 3.05) is 6.54 Å². The first-order valence-electron chi connectivity index (χ1n) is 5.03. The molecule has 0 fully saturated rings. The van der Waals surface area contributed by atoms with Crippen molar-refractivity contribution in [1.29, 1.82) is 0 Å². The van der Waals surface area contributed by atoms with Gasteiger partial charge in [0.05, 0.1) is 6.26 Å². The van der Waals surface area contributed by atoms with E-state index >= 15 is 0 Å². The molecule has 0 amide bonds. The van der Waals surface area contributed by atoms with Crippen molar-refractivity contribution in [3.05, 3.63) is 30.2 Å². The lowest BCUT2D eigenvalue weighted by atomic mass is 10.1. The molecular weight excluding hydrogens is 174 g/mol. The molecule has 1 N–H and O–H groups in total. The molecule has 0 spiro atoms. The summed E-state index contributed by atoms with van der Waals surface area (Å²) in [6, 6.07) is 3.85. The Kier molecular flexibility index (Phi) is 3.96. The van der Waals surface area contributed by atoms with Gasteiger partial charge in [0.15, 0.2) is 0 Å². The van der Waals surface area contributed by atoms with Gasteiger partial charge in [-0.15, -0.1) is 0 Å². The molecule has 1 aromatic rings. The number of hydrogen-bond donors (Lipinski definition) is 1. The molecule has 1 aromatic heterocycles. The van der Waals surface area contributed by atoms with Crippen molar-refractivity contribution < 1.29 is 4.42 Å². The fourth-order valence-electron chi connectivity index (χ4n) is 1.12. The summed E-state index contributed by atoms with van der Waals surface area (Å²) in [6.07, 6.45) is 6.84. The van der Waals surface area contributed by atoms with Gasteiger partial charge in [0.25, 0.3) is 0 Å². The molecule has 0 saturated carbocycles. The van der Waals surface area contributed by atoms with E-state index in [-0.39, 0.29) is 5.54 Å². The van der Waals surface area contributed by atoms with E-state index in [2.05, 4.69) is 32.2 Å². The monoisotopic (exact) mass is 193 g/mol. The van der Waals surface area contributed by atoms with Gasteiger partial charge in [-0.3, -0.25) is 0 Å². The second-order valence-electron chi connectivity index (χ2n) is 4.38. The van der Waals surface area contributed by atoms with Crippen LogP contribution in [0.2, 0.25) is 0 Å². The minimum Gasteiger partial charge on any atom is -0.465 e. The molecule has 0 aromatic carbocycles. The number of furan rings is 1. The maximum absolute atomic E-state index is 5.17. The average Bonchev–Trinajstić information content (AvgIpc) is 2.54. The highest BCUT2D eigenvalue weighted by molar-refractivity contribution is 5.41. The van der Waals surface area contributed by atoms with Crippen LogP contribution < -0.4 is 5.32 Å². The van der Waals surface area contributed by atoms with Gasteiger partial charge in [-0.25, -0.2) is 0 Å². The van der Waals surface area contributed by atoms with Gasteiger partial charge in [-0.1, -0.05) is 6.08 Å². The summed E-state index contributed by atoms with van der Waals surface area (Å²) >= 11 is 0. The Bertz CT molecular complexity index is 267. The summed E-state index contributed by atoms with van der Waals surface area (Å²) in [6.45, 7) is 7.51. The lowest BCUT2D eigenvalue weighted by Crippen LogP contribution is -2.36. The maximum atomic E-state index is 5.17. The van der Waals surface area contributed by atoms with Gasteiger partial charge in [-0.05, 0) is 51.9 Å². The molecule has 0 saturated heterocycles. The Labute approximate surface area is 86.0 Å². The highest BCUT2D eigenvalue weighted by Crippen LogP contribution is 2.03. The quantitative estimate of drug-likeness (QED) is 0.743. The zero-order valence-corrected chi connectivity index (χ0v) is 9.21. The van der Waals surface area contributed by atoms with Crippen molar-refractivity contribution in [1.82, 2.24) is 5.32 Å². The molecule has 0 radical (unpaired) electrons. The van der Waals surface area contributed by atoms with E-state index in [4.69, 9.17) is 4.42 Å². The molecule has 0 atom stereocenters. The lowest BCUT2D eigenvalue weighted by Gasteiger charge is -2.19. The third-order valence-corrected chi connectivity index (χ3v) is 1.79. The standard InChI is InChI=1S/C12H19NO/c1-12(2,3)13-9-5-4-7-11-8-6-10-14-11/h4,6-8,10,13H,5,9H2,1-3H3. The SMILES string of the molecule is CC(C)(C)NCCC=Cc1ccco1. The van der Waals surface area contributed by atoms with Crippen molar-refractivity contribution in [2.45, 2.75) is 32.7 Å². The van der Waals surface area contributed by atoms with Gasteiger partial charge in [0.1, 0.15) is 5.76 Å². The Morgan fingerprint density at radius 1 is 1.43 bits per heavy atom. The van der Waals surface area contributed by atoms with Crippen LogP contribution in [0.5, 0.6) is 0 Å². The van der Waals surface area contributed by atoms with E-state index in [1.165, 1.54) is 0 Å². The van der Waals surface area contributed by atoms with E-state index in [1.807, 2.05) is 18.2 Å². The molecular formula is C12H19NO. The van der Waals surface area contributed by atoms with Gasteiger partial charge < -0.3 is 9.73 Å². The topological polar surface area (TPSA) is 25.2 Å². The predicted molar refractivity (Wildman–Crippen MR) is 60.1 cm³/mol. The highest BCUT2D eigenvalue weighted by atomic mass is 16.3. The predicted octanol–water partition coefficient (Wildman–Crippen LogP) is 3.07. The zero-order chi connectivity index (χ0) is 10.4. The summed E-state index contributed by atoms with van der Waals surface area (Å²) < 4.78 is 5.17. The van der Waals surface area contributed by atoms with Crippen LogP contribution in [0.3, 0.4) is 0 Å². The molecule has 0 bridgehead atoms. The summed E-state index contributed by atoms with van der Waals surface area (Å²) in [5, 5.41) is 3.42. The van der Waals surface area contributed by atoms with Crippen LogP contribution in [-0.2, 0) is 0 Å². The van der Waals surface area contributed by atoms with Crippen molar-refractivity contribution in [3.8, 4) is 0 Å². The molecule has 1 heterocycles. The normalized spacial score (nSPS) is 12.5. The third kappa shape index (κ3) is 4.87. The first kappa shape index (κ1) is 11.1. The van der Waals surface area contributed by atoms with Crippen LogP contribution in [0.4, 0.5) is 0 Å². The Morgan fingerprint density at radius 3 is 2.79 bits per heavy atom. The van der Waals surface area contributed by atoms with Gasteiger partial charge >= 0.3 is 0 Å². The first-order valence-corrected chi connectivity index (χ1v) is 5.03. The molecule has 0 unspecified atom stereocenters. The molecule has 78 valence electrons. The fraction of sp³-hybridized carbons (Fsp3) is 0.500. The summed E-state index contributed by atoms with van der Waals surface area (Å²) in [5.41, 5.74) is 0.207. The summed E-state index contributed by atoms with van der Waals surface area (Å²) in [5.74, 6) is 0.917. The average molecular weight is 193 g/mol. The maximum Gasteiger partial charge on any atom is 0.126 e. The van der Waals surface area contributed by atoms with E-state index in [9.17, 15) is 0 Å². The van der Waals surface area contributed by atoms with E-state index in [1.54, 1.807) is 6.26 Å². The minimum atomic E-state index is 0.207. The third-order valence-electron chi connectivity index (χ3n) is 1.79. The smallest absolute Gasteiger partial charge is 0.126 e. The second kappa shape index (κ2) is 5.01. The summed E-state index contributed by atoms with van der Waals surface area (Å²) in [7, 11) is 0. The Hall–Kier alpha value is -1.02. The minimum absolute atomic E-state index is 0.207. The summed E-state index contributed by atoms with van der Waals surface area (Å²) in [4.78, 5) is 0. The van der Waals surface area contributed by atoms with E-state index in [0.717, 1.165) is 18.7 Å². The first-order chi connectivity index (χ1) is 6.58. The van der Waals surface area contributed by atoms with Gasteiger partial charge in [0, 0.05) is 5.54 Å². The van der Waals surface area contributed by atoms with E-state index in [0.29, 0.717) is 0 Å². The van der Waals surface area contributed by atoms with Crippen molar-refractivity contribution in [2.24, 2.45) is 0 Å². The molecule has 0 aliphatic heterocycles. The Morgan fingerprint density at radius 2 is 2.21 bits per heavy atom. The fourth-order valence-corrected chi connectivity index (χ4v) is 1.12. The van der Waals surface area contributed by atoms with Crippen LogP contribution >= 0.6 is 0 Å². The van der Waals surface area contributed by atoms with Crippen LogP contribution in [0, 0.1) is 0 Å². The van der Waals surface area contributed by atoms with Gasteiger partial charge in [0.2, 0.25) is 0 Å². The van der Waals surface area contributed by atoms with Crippen molar-refractivity contribution >= 4 is 6.08 Å². The molecule has 0 aliphatic rings. The number of hydrogen-bond acceptors (Lipinski definition) is 2. The molecule has 1 rings (SSSR count). The molecule has 0 aliphatic carbocycles. The largest absolute Gasteiger partial charge is 0.465 e. The molecule has 14 heavy (non-hydrogen) atoms. The van der Waals surface area contributed by atoms with Crippen LogP contribution in [0.1, 0.15) is 33.0 Å². The van der Waals surface area contributed by atoms with Crippen LogP contribution in [-0.4, -0.2) is 12.1 Å². The number of nitrogens with one attached hydrogen (secondary N) is 1. The lowest BCUT2D eigenvalue weighted by molar-refractivity contribution is 0.431. The Balaban J connectivity index is 2.16. The number of rotatable bonds is 4. The van der Waals surface area contributed by atoms with Gasteiger partial charge in [-0.2, -0.15) is 0 Å².